The standard InChI is InChI=1S/C32H34N4O4/c1-32(2,3)25-5-4-6-26(19-25)34-31(38)23-8-7-22-9-10-27(18-24(22)17-23)40-28-11-12-33-29(20-28)35-30(37)21-36-13-15-39-16-14-36/h4-12,17-20H,13-16,21H2,1-3H3,(H,34,38)(H,33,35,37). The highest BCUT2D eigenvalue weighted by Gasteiger charge is 2.16. The van der Waals surface area contributed by atoms with Gasteiger partial charge < -0.3 is 20.1 Å². The molecule has 206 valence electrons. The maximum absolute atomic E-state index is 13.1. The Hall–Kier alpha value is -4.27. The number of nitrogens with one attached hydrogen (secondary N) is 2. The van der Waals surface area contributed by atoms with Gasteiger partial charge in [0.2, 0.25) is 5.91 Å². The largest absolute Gasteiger partial charge is 0.457 e. The van der Waals surface area contributed by atoms with Gasteiger partial charge in [-0.3, -0.25) is 14.5 Å². The third kappa shape index (κ3) is 7.02. The fourth-order valence-electron chi connectivity index (χ4n) is 4.52. The van der Waals surface area contributed by atoms with Crippen molar-refractivity contribution in [2.45, 2.75) is 26.2 Å². The average Bonchev–Trinajstić information content (AvgIpc) is 2.93. The zero-order valence-corrected chi connectivity index (χ0v) is 23.1. The number of fused-ring (bicyclic) bond motifs is 1. The number of anilines is 2. The van der Waals surface area contributed by atoms with Crippen molar-refractivity contribution in [2.75, 3.05) is 43.5 Å². The van der Waals surface area contributed by atoms with Gasteiger partial charge >= 0.3 is 0 Å². The summed E-state index contributed by atoms with van der Waals surface area (Å²) in [5.41, 5.74) is 2.46. The lowest BCUT2D eigenvalue weighted by atomic mass is 9.87. The van der Waals surface area contributed by atoms with E-state index in [4.69, 9.17) is 9.47 Å². The second-order valence-corrected chi connectivity index (χ2v) is 10.9. The first kappa shape index (κ1) is 27.3. The van der Waals surface area contributed by atoms with Crippen molar-refractivity contribution >= 4 is 34.1 Å². The molecule has 1 aliphatic rings. The Morgan fingerprint density at radius 1 is 0.900 bits per heavy atom. The van der Waals surface area contributed by atoms with Crippen molar-refractivity contribution in [3.8, 4) is 11.5 Å². The molecule has 3 aromatic carbocycles. The number of aromatic nitrogens is 1. The zero-order valence-electron chi connectivity index (χ0n) is 23.1. The van der Waals surface area contributed by atoms with Crippen molar-refractivity contribution in [3.63, 3.8) is 0 Å². The highest BCUT2D eigenvalue weighted by atomic mass is 16.5. The Kier molecular flexibility index (Phi) is 8.09. The first-order chi connectivity index (χ1) is 19.2. The summed E-state index contributed by atoms with van der Waals surface area (Å²) in [5, 5.41) is 7.72. The van der Waals surface area contributed by atoms with Gasteiger partial charge in [-0.15, -0.1) is 0 Å². The SMILES string of the molecule is CC(C)(C)c1cccc(NC(=O)c2ccc3ccc(Oc4ccnc(NC(=O)CN5CCOCC5)c4)cc3c2)c1. The van der Waals surface area contributed by atoms with E-state index in [0.717, 1.165) is 35.1 Å². The Labute approximate surface area is 234 Å². The van der Waals surface area contributed by atoms with Gasteiger partial charge in [-0.05, 0) is 64.2 Å². The number of pyridine rings is 1. The van der Waals surface area contributed by atoms with E-state index in [2.05, 4.69) is 42.5 Å². The molecule has 5 rings (SSSR count). The minimum atomic E-state index is -0.175. The maximum Gasteiger partial charge on any atom is 0.255 e. The first-order valence-electron chi connectivity index (χ1n) is 13.4. The van der Waals surface area contributed by atoms with E-state index in [1.807, 2.05) is 59.5 Å². The summed E-state index contributed by atoms with van der Waals surface area (Å²) in [7, 11) is 0. The second kappa shape index (κ2) is 11.9. The Morgan fingerprint density at radius 3 is 2.48 bits per heavy atom. The highest BCUT2D eigenvalue weighted by Crippen LogP contribution is 2.28. The van der Waals surface area contributed by atoms with Gasteiger partial charge in [-0.2, -0.15) is 0 Å². The van der Waals surface area contributed by atoms with Gasteiger partial charge in [-0.1, -0.05) is 45.0 Å². The summed E-state index contributed by atoms with van der Waals surface area (Å²) >= 11 is 0. The average molecular weight is 539 g/mol. The molecule has 0 saturated carbocycles. The molecule has 1 fully saturated rings. The quantitative estimate of drug-likeness (QED) is 0.307. The molecule has 1 aliphatic heterocycles. The molecule has 8 nitrogen and oxygen atoms in total. The first-order valence-corrected chi connectivity index (χ1v) is 13.4. The van der Waals surface area contributed by atoms with E-state index < -0.39 is 0 Å². The summed E-state index contributed by atoms with van der Waals surface area (Å²) < 4.78 is 11.4. The van der Waals surface area contributed by atoms with E-state index in [0.29, 0.717) is 42.6 Å². The Balaban J connectivity index is 1.26. The third-order valence-corrected chi connectivity index (χ3v) is 6.77. The van der Waals surface area contributed by atoms with Gasteiger partial charge in [0.1, 0.15) is 17.3 Å². The predicted octanol–water partition coefficient (Wildman–Crippen LogP) is 5.85. The van der Waals surface area contributed by atoms with Crippen LogP contribution in [0.25, 0.3) is 10.8 Å². The second-order valence-electron chi connectivity index (χ2n) is 10.9. The zero-order chi connectivity index (χ0) is 28.1. The Morgan fingerprint density at radius 2 is 1.68 bits per heavy atom. The molecule has 8 heteroatoms. The molecule has 40 heavy (non-hydrogen) atoms. The Bertz CT molecular complexity index is 1520. The van der Waals surface area contributed by atoms with E-state index in [9.17, 15) is 9.59 Å². The number of carbonyl (C=O) groups excluding carboxylic acids is 2. The van der Waals surface area contributed by atoms with E-state index in [1.54, 1.807) is 18.3 Å². The summed E-state index contributed by atoms with van der Waals surface area (Å²) in [6.07, 6.45) is 1.60. The highest BCUT2D eigenvalue weighted by molar-refractivity contribution is 6.06. The summed E-state index contributed by atoms with van der Waals surface area (Å²) in [6, 6.07) is 22.7. The number of nitrogens with zero attached hydrogens (tertiary/aromatic N) is 2. The van der Waals surface area contributed by atoms with Crippen LogP contribution in [0.2, 0.25) is 0 Å². The lowest BCUT2D eigenvalue weighted by molar-refractivity contribution is -0.118. The van der Waals surface area contributed by atoms with Crippen molar-refractivity contribution in [3.05, 3.63) is 90.1 Å². The summed E-state index contributed by atoms with van der Waals surface area (Å²) in [5.74, 6) is 1.27. The number of ether oxygens (including phenoxy) is 2. The van der Waals surface area contributed by atoms with Crippen LogP contribution in [0, 0.1) is 0 Å². The molecule has 0 radical (unpaired) electrons. The topological polar surface area (TPSA) is 92.8 Å². The molecule has 2 N–H and O–H groups in total. The van der Waals surface area contributed by atoms with Gasteiger partial charge in [0, 0.05) is 36.6 Å². The number of morpholine rings is 1. The smallest absolute Gasteiger partial charge is 0.255 e. The number of benzene rings is 3. The van der Waals surface area contributed by atoms with Crippen LogP contribution < -0.4 is 15.4 Å². The lowest BCUT2D eigenvalue weighted by Crippen LogP contribution is -2.41. The molecule has 1 saturated heterocycles. The fourth-order valence-corrected chi connectivity index (χ4v) is 4.52. The number of hydrogen-bond donors (Lipinski definition) is 2. The molecule has 4 aromatic rings. The van der Waals surface area contributed by atoms with Crippen LogP contribution in [0.5, 0.6) is 11.5 Å². The number of rotatable bonds is 7. The molecule has 2 heterocycles. The number of carbonyl (C=O) groups is 2. The van der Waals surface area contributed by atoms with E-state index >= 15 is 0 Å². The maximum atomic E-state index is 13.1. The van der Waals surface area contributed by atoms with Crippen LogP contribution >= 0.6 is 0 Å². The fraction of sp³-hybridized carbons (Fsp3) is 0.281. The minimum Gasteiger partial charge on any atom is -0.457 e. The van der Waals surface area contributed by atoms with Crippen molar-refractivity contribution in [2.24, 2.45) is 0 Å². The van der Waals surface area contributed by atoms with Gasteiger partial charge in [0.15, 0.2) is 0 Å². The molecule has 0 bridgehead atoms. The van der Waals surface area contributed by atoms with Crippen LogP contribution in [-0.2, 0) is 14.9 Å². The van der Waals surface area contributed by atoms with Crippen molar-refractivity contribution < 1.29 is 19.1 Å². The molecule has 0 spiro atoms. The van der Waals surface area contributed by atoms with Crippen LogP contribution in [0.3, 0.4) is 0 Å². The minimum absolute atomic E-state index is 0.00975. The normalized spacial score (nSPS) is 14.1. The van der Waals surface area contributed by atoms with Gasteiger partial charge in [0.25, 0.3) is 5.91 Å². The summed E-state index contributed by atoms with van der Waals surface area (Å²) in [6.45, 7) is 9.47. The lowest BCUT2D eigenvalue weighted by Gasteiger charge is -2.25. The van der Waals surface area contributed by atoms with Crippen LogP contribution in [0.4, 0.5) is 11.5 Å². The molecule has 2 amide bonds. The van der Waals surface area contributed by atoms with E-state index in [-0.39, 0.29) is 17.2 Å². The van der Waals surface area contributed by atoms with Gasteiger partial charge in [0.05, 0.1) is 19.8 Å². The van der Waals surface area contributed by atoms with Crippen molar-refractivity contribution in [1.82, 2.24) is 9.88 Å². The molecule has 0 atom stereocenters. The van der Waals surface area contributed by atoms with E-state index in [1.165, 1.54) is 0 Å². The number of amides is 2. The summed E-state index contributed by atoms with van der Waals surface area (Å²) in [4.78, 5) is 31.8. The molecular formula is C32H34N4O4. The molecule has 1 aromatic heterocycles. The monoisotopic (exact) mass is 538 g/mol. The van der Waals surface area contributed by atoms with Crippen LogP contribution in [-0.4, -0.2) is 54.5 Å². The van der Waals surface area contributed by atoms with Crippen LogP contribution in [0.1, 0.15) is 36.7 Å². The predicted molar refractivity (Wildman–Crippen MR) is 157 cm³/mol. The molecular weight excluding hydrogens is 504 g/mol. The number of hydrogen-bond acceptors (Lipinski definition) is 6. The molecule has 0 aliphatic carbocycles. The third-order valence-electron chi connectivity index (χ3n) is 6.77. The molecule has 0 unspecified atom stereocenters. The van der Waals surface area contributed by atoms with Crippen molar-refractivity contribution in [1.29, 1.82) is 0 Å². The van der Waals surface area contributed by atoms with Gasteiger partial charge in [-0.25, -0.2) is 4.98 Å². The van der Waals surface area contributed by atoms with Crippen LogP contribution in [0.15, 0.2) is 79.0 Å².